The van der Waals surface area contributed by atoms with E-state index >= 15 is 0 Å². The lowest BCUT2D eigenvalue weighted by molar-refractivity contribution is 0.0784. The molecule has 0 radical (unpaired) electrons. The van der Waals surface area contributed by atoms with E-state index in [0.717, 1.165) is 37.9 Å². The zero-order valence-corrected chi connectivity index (χ0v) is 11.9. The van der Waals surface area contributed by atoms with Crippen LogP contribution in [0, 0.1) is 5.92 Å². The molecule has 0 bridgehead atoms. The summed E-state index contributed by atoms with van der Waals surface area (Å²) in [5.74, 6) is 0.515. The third-order valence-corrected chi connectivity index (χ3v) is 3.89. The predicted octanol–water partition coefficient (Wildman–Crippen LogP) is 1.56. The summed E-state index contributed by atoms with van der Waals surface area (Å²) in [6.07, 6.45) is 5.72. The number of hydrogen-bond acceptors (Lipinski definition) is 3. The quantitative estimate of drug-likeness (QED) is 0.847. The number of rotatable bonds is 5. The third kappa shape index (κ3) is 2.97. The molecule has 5 heteroatoms. The number of carbonyl (C=O) groups is 1. The maximum atomic E-state index is 12.5. The summed E-state index contributed by atoms with van der Waals surface area (Å²) in [5.41, 5.74) is 7.78. The molecule has 1 saturated heterocycles. The van der Waals surface area contributed by atoms with Crippen molar-refractivity contribution in [1.82, 2.24) is 15.1 Å². The summed E-state index contributed by atoms with van der Waals surface area (Å²) in [6, 6.07) is 0.116. The third-order valence-electron chi connectivity index (χ3n) is 3.89. The summed E-state index contributed by atoms with van der Waals surface area (Å²) in [4.78, 5) is 14.4. The number of nitrogens with zero attached hydrogens (tertiary/aromatic N) is 2. The van der Waals surface area contributed by atoms with E-state index in [9.17, 15) is 4.79 Å². The minimum Gasteiger partial charge on any atom is -0.337 e. The molecule has 2 heterocycles. The fourth-order valence-corrected chi connectivity index (χ4v) is 2.85. The molecule has 1 amide bonds. The second-order valence-corrected chi connectivity index (χ2v) is 5.43. The van der Waals surface area contributed by atoms with E-state index in [0.29, 0.717) is 18.0 Å². The van der Waals surface area contributed by atoms with E-state index in [1.165, 1.54) is 0 Å². The monoisotopic (exact) mass is 264 g/mol. The van der Waals surface area contributed by atoms with Crippen molar-refractivity contribution in [3.05, 3.63) is 17.5 Å². The zero-order valence-electron chi connectivity index (χ0n) is 11.9. The van der Waals surface area contributed by atoms with Crippen LogP contribution in [0.1, 0.15) is 49.2 Å². The molecule has 0 aromatic carbocycles. The first-order valence-electron chi connectivity index (χ1n) is 7.24. The fraction of sp³-hybridized carbons (Fsp3) is 0.714. The SMILES string of the molecule is CCCc1[nH]ncc1C(=O)N1C[C@H](CCC)[C@@H](N)C1. The second kappa shape index (κ2) is 6.19. The van der Waals surface area contributed by atoms with Gasteiger partial charge in [-0.25, -0.2) is 0 Å². The number of amides is 1. The molecule has 5 nitrogen and oxygen atoms in total. The lowest BCUT2D eigenvalue weighted by atomic mass is 9.99. The molecule has 2 rings (SSSR count). The van der Waals surface area contributed by atoms with Gasteiger partial charge in [-0.3, -0.25) is 9.89 Å². The summed E-state index contributed by atoms with van der Waals surface area (Å²) < 4.78 is 0. The van der Waals surface area contributed by atoms with E-state index in [1.54, 1.807) is 6.20 Å². The maximum absolute atomic E-state index is 12.5. The predicted molar refractivity (Wildman–Crippen MR) is 74.9 cm³/mol. The highest BCUT2D eigenvalue weighted by Gasteiger charge is 2.33. The van der Waals surface area contributed by atoms with Gasteiger partial charge in [-0.05, 0) is 18.8 Å². The largest absolute Gasteiger partial charge is 0.337 e. The van der Waals surface area contributed by atoms with Crippen molar-refractivity contribution in [2.24, 2.45) is 11.7 Å². The number of likely N-dealkylation sites (tertiary alicyclic amines) is 1. The minimum atomic E-state index is 0.0752. The van der Waals surface area contributed by atoms with E-state index in [1.807, 2.05) is 4.90 Å². The summed E-state index contributed by atoms with van der Waals surface area (Å²) in [6.45, 7) is 5.70. The number of nitrogens with one attached hydrogen (secondary N) is 1. The van der Waals surface area contributed by atoms with Gasteiger partial charge in [-0.15, -0.1) is 0 Å². The first-order chi connectivity index (χ1) is 9.17. The summed E-state index contributed by atoms with van der Waals surface area (Å²) in [7, 11) is 0. The van der Waals surface area contributed by atoms with Crippen LogP contribution >= 0.6 is 0 Å². The van der Waals surface area contributed by atoms with Gasteiger partial charge in [0.1, 0.15) is 0 Å². The highest BCUT2D eigenvalue weighted by molar-refractivity contribution is 5.95. The highest BCUT2D eigenvalue weighted by atomic mass is 16.2. The van der Waals surface area contributed by atoms with Gasteiger partial charge in [0.15, 0.2) is 0 Å². The van der Waals surface area contributed by atoms with Crippen LogP contribution in [0.3, 0.4) is 0 Å². The molecule has 1 aromatic rings. The molecule has 0 spiro atoms. The Bertz CT molecular complexity index is 429. The first-order valence-corrected chi connectivity index (χ1v) is 7.24. The Morgan fingerprint density at radius 3 is 2.95 bits per heavy atom. The van der Waals surface area contributed by atoms with Crippen LogP contribution in [0.4, 0.5) is 0 Å². The normalized spacial score (nSPS) is 23.0. The Labute approximate surface area is 114 Å². The van der Waals surface area contributed by atoms with Crippen LogP contribution < -0.4 is 5.73 Å². The van der Waals surface area contributed by atoms with Crippen molar-refractivity contribution >= 4 is 5.91 Å². The number of aromatic amines is 1. The minimum absolute atomic E-state index is 0.0752. The smallest absolute Gasteiger partial charge is 0.257 e. The summed E-state index contributed by atoms with van der Waals surface area (Å²) in [5, 5.41) is 6.93. The van der Waals surface area contributed by atoms with Gasteiger partial charge in [-0.1, -0.05) is 26.7 Å². The number of H-pyrrole nitrogens is 1. The van der Waals surface area contributed by atoms with Gasteiger partial charge < -0.3 is 10.6 Å². The van der Waals surface area contributed by atoms with E-state index in [2.05, 4.69) is 24.0 Å². The van der Waals surface area contributed by atoms with Gasteiger partial charge in [0.2, 0.25) is 0 Å². The number of aryl methyl sites for hydroxylation is 1. The molecule has 19 heavy (non-hydrogen) atoms. The number of carbonyl (C=O) groups excluding carboxylic acids is 1. The van der Waals surface area contributed by atoms with Crippen molar-refractivity contribution in [3.63, 3.8) is 0 Å². The van der Waals surface area contributed by atoms with Crippen molar-refractivity contribution < 1.29 is 4.79 Å². The molecular formula is C14H24N4O. The van der Waals surface area contributed by atoms with Crippen LogP contribution in [0.15, 0.2) is 6.20 Å². The van der Waals surface area contributed by atoms with Crippen LogP contribution in [0.2, 0.25) is 0 Å². The Balaban J connectivity index is 2.06. The molecule has 106 valence electrons. The molecule has 3 N–H and O–H groups in total. The first kappa shape index (κ1) is 14.1. The number of aromatic nitrogens is 2. The molecule has 1 aliphatic rings. The highest BCUT2D eigenvalue weighted by Crippen LogP contribution is 2.22. The van der Waals surface area contributed by atoms with Crippen molar-refractivity contribution in [2.75, 3.05) is 13.1 Å². The molecule has 0 aliphatic carbocycles. The Kier molecular flexibility index (Phi) is 4.58. The van der Waals surface area contributed by atoms with Crippen LogP contribution in [0.5, 0.6) is 0 Å². The van der Waals surface area contributed by atoms with Gasteiger partial charge in [0.25, 0.3) is 5.91 Å². The number of hydrogen-bond donors (Lipinski definition) is 2. The molecule has 1 aliphatic heterocycles. The van der Waals surface area contributed by atoms with Gasteiger partial charge in [-0.2, -0.15) is 5.10 Å². The van der Waals surface area contributed by atoms with Gasteiger partial charge >= 0.3 is 0 Å². The molecule has 0 unspecified atom stereocenters. The van der Waals surface area contributed by atoms with E-state index in [-0.39, 0.29) is 11.9 Å². The standard InChI is InChI=1S/C14H24N4O/c1-3-5-10-8-18(9-12(10)15)14(19)11-7-16-17-13(11)6-4-2/h7,10,12H,3-6,8-9,15H2,1-2H3,(H,16,17)/t10-,12-/m0/s1. The Hall–Kier alpha value is -1.36. The van der Waals surface area contributed by atoms with Crippen LogP contribution in [-0.4, -0.2) is 40.1 Å². The molecule has 1 aromatic heterocycles. The maximum Gasteiger partial charge on any atom is 0.257 e. The lowest BCUT2D eigenvalue weighted by Gasteiger charge is -2.16. The van der Waals surface area contributed by atoms with Crippen LogP contribution in [0.25, 0.3) is 0 Å². The Morgan fingerprint density at radius 1 is 1.47 bits per heavy atom. The average Bonchev–Trinajstić information content (AvgIpc) is 2.98. The van der Waals surface area contributed by atoms with Gasteiger partial charge in [0, 0.05) is 24.8 Å². The lowest BCUT2D eigenvalue weighted by Crippen LogP contribution is -2.32. The molecule has 1 fully saturated rings. The van der Waals surface area contributed by atoms with Gasteiger partial charge in [0.05, 0.1) is 11.8 Å². The number of nitrogens with two attached hydrogens (primary N) is 1. The van der Waals surface area contributed by atoms with E-state index in [4.69, 9.17) is 5.73 Å². The topological polar surface area (TPSA) is 75.0 Å². The molecule has 0 saturated carbocycles. The van der Waals surface area contributed by atoms with Crippen molar-refractivity contribution in [2.45, 2.75) is 45.6 Å². The summed E-state index contributed by atoms with van der Waals surface area (Å²) >= 11 is 0. The molecular weight excluding hydrogens is 240 g/mol. The zero-order chi connectivity index (χ0) is 13.8. The fourth-order valence-electron chi connectivity index (χ4n) is 2.85. The Morgan fingerprint density at radius 2 is 2.26 bits per heavy atom. The van der Waals surface area contributed by atoms with Crippen molar-refractivity contribution in [1.29, 1.82) is 0 Å². The van der Waals surface area contributed by atoms with Crippen LogP contribution in [-0.2, 0) is 6.42 Å². The molecule has 2 atom stereocenters. The van der Waals surface area contributed by atoms with E-state index < -0.39 is 0 Å². The average molecular weight is 264 g/mol. The second-order valence-electron chi connectivity index (χ2n) is 5.43. The van der Waals surface area contributed by atoms with Crippen molar-refractivity contribution in [3.8, 4) is 0 Å².